The number of fused-ring (bicyclic) bond motifs is 1. The highest BCUT2D eigenvalue weighted by molar-refractivity contribution is 5.96. The first-order valence-corrected chi connectivity index (χ1v) is 7.36. The molecule has 3 aromatic rings. The largest absolute Gasteiger partial charge is 0.507 e. The molecule has 2 aromatic carbocycles. The van der Waals surface area contributed by atoms with Crippen LogP contribution in [0, 0.1) is 0 Å². The third-order valence-corrected chi connectivity index (χ3v) is 3.69. The fourth-order valence-electron chi connectivity index (χ4n) is 2.55. The van der Waals surface area contributed by atoms with E-state index in [9.17, 15) is 9.90 Å². The number of hydrogen-bond acceptors (Lipinski definition) is 2. The maximum atomic E-state index is 12.0. The van der Waals surface area contributed by atoms with Crippen LogP contribution in [0.15, 0.2) is 60.8 Å². The molecule has 1 amide bonds. The van der Waals surface area contributed by atoms with Crippen LogP contribution in [0.3, 0.4) is 0 Å². The SMILES string of the molecule is O=C(NCCCn1ccc2ccccc21)c1ccccc1O. The Kier molecular flexibility index (Phi) is 4.10. The van der Waals surface area contributed by atoms with E-state index in [0.29, 0.717) is 12.1 Å². The number of hydrogen-bond donors (Lipinski definition) is 2. The summed E-state index contributed by atoms with van der Waals surface area (Å²) in [6.07, 6.45) is 2.90. The normalized spacial score (nSPS) is 10.7. The standard InChI is InChI=1S/C18H18N2O2/c21-17-9-4-2-7-15(17)18(22)19-11-5-12-20-13-10-14-6-1-3-8-16(14)20/h1-4,6-10,13,21H,5,11-12H2,(H,19,22). The van der Waals surface area contributed by atoms with E-state index in [1.807, 2.05) is 12.1 Å². The molecule has 0 aliphatic rings. The van der Waals surface area contributed by atoms with Crippen LogP contribution in [-0.2, 0) is 6.54 Å². The molecule has 3 rings (SSSR count). The first-order valence-electron chi connectivity index (χ1n) is 7.36. The summed E-state index contributed by atoms with van der Waals surface area (Å²) in [5.41, 5.74) is 1.52. The predicted octanol–water partition coefficient (Wildman–Crippen LogP) is 3.17. The monoisotopic (exact) mass is 294 g/mol. The Bertz CT molecular complexity index is 792. The van der Waals surface area contributed by atoms with Gasteiger partial charge in [-0.25, -0.2) is 0 Å². The van der Waals surface area contributed by atoms with Gasteiger partial charge in [-0.1, -0.05) is 30.3 Å². The molecule has 2 N–H and O–H groups in total. The lowest BCUT2D eigenvalue weighted by Crippen LogP contribution is -2.25. The number of phenolic OH excluding ortho intramolecular Hbond substituents is 1. The number of phenols is 1. The van der Waals surface area contributed by atoms with Crippen molar-refractivity contribution in [3.8, 4) is 5.75 Å². The van der Waals surface area contributed by atoms with Crippen molar-refractivity contribution < 1.29 is 9.90 Å². The van der Waals surface area contributed by atoms with Crippen molar-refractivity contribution in [3.05, 3.63) is 66.4 Å². The van der Waals surface area contributed by atoms with Crippen LogP contribution in [0.25, 0.3) is 10.9 Å². The van der Waals surface area contributed by atoms with Gasteiger partial charge in [0.1, 0.15) is 5.75 Å². The van der Waals surface area contributed by atoms with Gasteiger partial charge in [-0.2, -0.15) is 0 Å². The van der Waals surface area contributed by atoms with Crippen molar-refractivity contribution in [3.63, 3.8) is 0 Å². The zero-order chi connectivity index (χ0) is 15.4. The Balaban J connectivity index is 1.54. The van der Waals surface area contributed by atoms with Gasteiger partial charge in [0, 0.05) is 24.8 Å². The molecule has 0 aliphatic carbocycles. The van der Waals surface area contributed by atoms with Crippen molar-refractivity contribution >= 4 is 16.8 Å². The summed E-state index contributed by atoms with van der Waals surface area (Å²) in [7, 11) is 0. The molecule has 0 unspecified atom stereocenters. The summed E-state index contributed by atoms with van der Waals surface area (Å²) in [6, 6.07) is 16.9. The lowest BCUT2D eigenvalue weighted by molar-refractivity contribution is 0.0950. The van der Waals surface area contributed by atoms with Crippen LogP contribution in [-0.4, -0.2) is 22.1 Å². The van der Waals surface area contributed by atoms with E-state index < -0.39 is 0 Å². The second-order valence-corrected chi connectivity index (χ2v) is 5.19. The molecule has 0 atom stereocenters. The summed E-state index contributed by atoms with van der Waals surface area (Å²) in [4.78, 5) is 12.0. The fourth-order valence-corrected chi connectivity index (χ4v) is 2.55. The number of benzene rings is 2. The molecule has 4 nitrogen and oxygen atoms in total. The molecule has 4 heteroatoms. The Morgan fingerprint density at radius 3 is 2.68 bits per heavy atom. The zero-order valence-corrected chi connectivity index (χ0v) is 12.2. The maximum absolute atomic E-state index is 12.0. The minimum absolute atomic E-state index is 0.0106. The Labute approximate surface area is 129 Å². The van der Waals surface area contributed by atoms with Crippen molar-refractivity contribution in [2.75, 3.05) is 6.54 Å². The number of carbonyl (C=O) groups excluding carboxylic acids is 1. The quantitative estimate of drug-likeness (QED) is 0.710. The van der Waals surface area contributed by atoms with Crippen molar-refractivity contribution in [1.29, 1.82) is 0 Å². The molecule has 0 saturated heterocycles. The number of nitrogens with zero attached hydrogens (tertiary/aromatic N) is 1. The third kappa shape index (κ3) is 2.96. The van der Waals surface area contributed by atoms with Crippen LogP contribution in [0.4, 0.5) is 0 Å². The minimum Gasteiger partial charge on any atom is -0.507 e. The summed E-state index contributed by atoms with van der Waals surface area (Å²) in [5, 5.41) is 13.7. The molecule has 0 radical (unpaired) electrons. The van der Waals surface area contributed by atoms with E-state index in [0.717, 1.165) is 13.0 Å². The third-order valence-electron chi connectivity index (χ3n) is 3.69. The van der Waals surface area contributed by atoms with Crippen LogP contribution in [0.5, 0.6) is 5.75 Å². The number of para-hydroxylation sites is 2. The Hall–Kier alpha value is -2.75. The van der Waals surface area contributed by atoms with Crippen LogP contribution in [0.2, 0.25) is 0 Å². The van der Waals surface area contributed by atoms with Gasteiger partial charge >= 0.3 is 0 Å². The van der Waals surface area contributed by atoms with Crippen LogP contribution < -0.4 is 5.32 Å². The number of rotatable bonds is 5. The van der Waals surface area contributed by atoms with E-state index in [1.54, 1.807) is 18.2 Å². The number of amides is 1. The second kappa shape index (κ2) is 6.35. The zero-order valence-electron chi connectivity index (χ0n) is 12.2. The summed E-state index contributed by atoms with van der Waals surface area (Å²) in [6.45, 7) is 1.41. The Morgan fingerprint density at radius 1 is 1.05 bits per heavy atom. The molecular formula is C18H18N2O2. The highest BCUT2D eigenvalue weighted by Gasteiger charge is 2.09. The van der Waals surface area contributed by atoms with E-state index in [4.69, 9.17) is 0 Å². The van der Waals surface area contributed by atoms with Gasteiger partial charge in [-0.05, 0) is 36.1 Å². The maximum Gasteiger partial charge on any atom is 0.255 e. The van der Waals surface area contributed by atoms with Gasteiger partial charge in [0.2, 0.25) is 0 Å². The first kappa shape index (κ1) is 14.2. The fraction of sp³-hybridized carbons (Fsp3) is 0.167. The van der Waals surface area contributed by atoms with Gasteiger partial charge in [0.25, 0.3) is 5.91 Å². The predicted molar refractivity (Wildman–Crippen MR) is 87.0 cm³/mol. The van der Waals surface area contributed by atoms with Crippen LogP contribution >= 0.6 is 0 Å². The van der Waals surface area contributed by atoms with Gasteiger partial charge in [0.15, 0.2) is 0 Å². The molecule has 0 bridgehead atoms. The van der Waals surface area contributed by atoms with E-state index in [1.165, 1.54) is 17.0 Å². The number of aryl methyl sites for hydroxylation is 1. The Morgan fingerprint density at radius 2 is 1.82 bits per heavy atom. The van der Waals surface area contributed by atoms with Crippen LogP contribution in [0.1, 0.15) is 16.8 Å². The molecule has 0 aliphatic heterocycles. The van der Waals surface area contributed by atoms with Gasteiger partial charge in [-0.3, -0.25) is 4.79 Å². The molecule has 0 saturated carbocycles. The van der Waals surface area contributed by atoms with Gasteiger partial charge in [-0.15, -0.1) is 0 Å². The summed E-state index contributed by atoms with van der Waals surface area (Å²) < 4.78 is 2.18. The number of aromatic hydroxyl groups is 1. The minimum atomic E-state index is -0.240. The lowest BCUT2D eigenvalue weighted by atomic mass is 10.2. The number of nitrogens with one attached hydrogen (secondary N) is 1. The first-order chi connectivity index (χ1) is 10.8. The number of carbonyl (C=O) groups is 1. The molecule has 0 spiro atoms. The number of aromatic nitrogens is 1. The second-order valence-electron chi connectivity index (χ2n) is 5.19. The van der Waals surface area contributed by atoms with E-state index in [2.05, 4.69) is 34.3 Å². The average molecular weight is 294 g/mol. The highest BCUT2D eigenvalue weighted by atomic mass is 16.3. The lowest BCUT2D eigenvalue weighted by Gasteiger charge is -2.08. The van der Waals surface area contributed by atoms with Gasteiger partial charge < -0.3 is 15.0 Å². The van der Waals surface area contributed by atoms with Crippen molar-refractivity contribution in [2.45, 2.75) is 13.0 Å². The molecular weight excluding hydrogens is 276 g/mol. The van der Waals surface area contributed by atoms with Gasteiger partial charge in [0.05, 0.1) is 5.56 Å². The topological polar surface area (TPSA) is 54.3 Å². The van der Waals surface area contributed by atoms with E-state index in [-0.39, 0.29) is 11.7 Å². The highest BCUT2D eigenvalue weighted by Crippen LogP contribution is 2.16. The summed E-state index contributed by atoms with van der Waals surface area (Å²) >= 11 is 0. The smallest absolute Gasteiger partial charge is 0.255 e. The van der Waals surface area contributed by atoms with E-state index >= 15 is 0 Å². The molecule has 22 heavy (non-hydrogen) atoms. The average Bonchev–Trinajstić information content (AvgIpc) is 2.95. The summed E-state index contributed by atoms with van der Waals surface area (Å²) in [5.74, 6) is -0.230. The molecule has 1 heterocycles. The van der Waals surface area contributed by atoms with Crippen molar-refractivity contribution in [1.82, 2.24) is 9.88 Å². The molecule has 1 aromatic heterocycles. The molecule has 112 valence electrons. The molecule has 0 fully saturated rings. The van der Waals surface area contributed by atoms with Crippen molar-refractivity contribution in [2.24, 2.45) is 0 Å².